The van der Waals surface area contributed by atoms with Gasteiger partial charge in [-0.2, -0.15) is 5.10 Å². The fourth-order valence-corrected chi connectivity index (χ4v) is 0.942. The van der Waals surface area contributed by atoms with Gasteiger partial charge in [0.1, 0.15) is 0 Å². The SMILES string of the molecule is Cc1cn(CCC(=O)O)nc1C. The molecule has 0 atom stereocenters. The number of carbonyl (C=O) groups is 1. The third-order valence-corrected chi connectivity index (χ3v) is 1.75. The highest BCUT2D eigenvalue weighted by Crippen LogP contribution is 2.02. The van der Waals surface area contributed by atoms with Gasteiger partial charge in [0, 0.05) is 6.20 Å². The number of nitrogens with zero attached hydrogens (tertiary/aromatic N) is 2. The smallest absolute Gasteiger partial charge is 0.305 e. The number of hydrogen-bond donors (Lipinski definition) is 1. The minimum absolute atomic E-state index is 0.126. The molecule has 1 heterocycles. The van der Waals surface area contributed by atoms with Crippen molar-refractivity contribution in [2.24, 2.45) is 0 Å². The Balaban J connectivity index is 2.58. The molecule has 1 rings (SSSR count). The Kier molecular flexibility index (Phi) is 2.47. The Labute approximate surface area is 70.8 Å². The second-order valence-corrected chi connectivity index (χ2v) is 2.80. The van der Waals surface area contributed by atoms with Crippen LogP contribution in [0.25, 0.3) is 0 Å². The van der Waals surface area contributed by atoms with Gasteiger partial charge in [0.25, 0.3) is 0 Å². The first-order valence-corrected chi connectivity index (χ1v) is 3.82. The van der Waals surface area contributed by atoms with Crippen molar-refractivity contribution in [2.75, 3.05) is 0 Å². The molecule has 0 aliphatic heterocycles. The van der Waals surface area contributed by atoms with Crippen LogP contribution in [-0.4, -0.2) is 20.9 Å². The zero-order valence-corrected chi connectivity index (χ0v) is 7.24. The second kappa shape index (κ2) is 3.38. The van der Waals surface area contributed by atoms with Crippen molar-refractivity contribution in [1.82, 2.24) is 9.78 Å². The first kappa shape index (κ1) is 8.77. The molecule has 4 nitrogen and oxygen atoms in total. The van der Waals surface area contributed by atoms with Gasteiger partial charge in [-0.1, -0.05) is 0 Å². The summed E-state index contributed by atoms with van der Waals surface area (Å²) in [7, 11) is 0. The van der Waals surface area contributed by atoms with E-state index in [-0.39, 0.29) is 6.42 Å². The van der Waals surface area contributed by atoms with E-state index in [1.165, 1.54) is 0 Å². The molecular weight excluding hydrogens is 156 g/mol. The molecule has 66 valence electrons. The van der Waals surface area contributed by atoms with Crippen LogP contribution in [0.3, 0.4) is 0 Å². The van der Waals surface area contributed by atoms with Crippen LogP contribution in [0.1, 0.15) is 17.7 Å². The highest BCUT2D eigenvalue weighted by Gasteiger charge is 2.01. The third-order valence-electron chi connectivity index (χ3n) is 1.75. The quantitative estimate of drug-likeness (QED) is 0.731. The molecule has 0 amide bonds. The van der Waals surface area contributed by atoms with Crippen LogP contribution in [-0.2, 0) is 11.3 Å². The summed E-state index contributed by atoms with van der Waals surface area (Å²) in [6.07, 6.45) is 1.98. The average molecular weight is 168 g/mol. The molecule has 1 aromatic heterocycles. The lowest BCUT2D eigenvalue weighted by molar-refractivity contribution is -0.137. The Morgan fingerprint density at radius 2 is 2.33 bits per heavy atom. The molecule has 0 radical (unpaired) electrons. The Morgan fingerprint density at radius 1 is 1.67 bits per heavy atom. The normalized spacial score (nSPS) is 10.2. The molecule has 0 bridgehead atoms. The molecule has 0 spiro atoms. The van der Waals surface area contributed by atoms with Crippen molar-refractivity contribution in [2.45, 2.75) is 26.8 Å². The fourth-order valence-electron chi connectivity index (χ4n) is 0.942. The Morgan fingerprint density at radius 3 is 2.75 bits per heavy atom. The van der Waals surface area contributed by atoms with Gasteiger partial charge in [-0.05, 0) is 19.4 Å². The van der Waals surface area contributed by atoms with Crippen LogP contribution in [0, 0.1) is 13.8 Å². The largest absolute Gasteiger partial charge is 0.481 e. The van der Waals surface area contributed by atoms with Gasteiger partial charge >= 0.3 is 5.97 Å². The number of rotatable bonds is 3. The number of aromatic nitrogens is 2. The van der Waals surface area contributed by atoms with Crippen molar-refractivity contribution in [3.05, 3.63) is 17.5 Å². The third kappa shape index (κ3) is 2.08. The maximum atomic E-state index is 10.2. The van der Waals surface area contributed by atoms with Crippen LogP contribution in [0.5, 0.6) is 0 Å². The zero-order valence-electron chi connectivity index (χ0n) is 7.24. The van der Waals surface area contributed by atoms with Crippen molar-refractivity contribution in [3.8, 4) is 0 Å². The Bertz CT molecular complexity index is 272. The summed E-state index contributed by atoms with van der Waals surface area (Å²) in [5.41, 5.74) is 2.06. The molecule has 1 N–H and O–H groups in total. The van der Waals surface area contributed by atoms with Crippen LogP contribution < -0.4 is 0 Å². The van der Waals surface area contributed by atoms with Gasteiger partial charge < -0.3 is 5.11 Å². The van der Waals surface area contributed by atoms with Crippen molar-refractivity contribution in [3.63, 3.8) is 0 Å². The monoisotopic (exact) mass is 168 g/mol. The van der Waals surface area contributed by atoms with Crippen molar-refractivity contribution < 1.29 is 9.90 Å². The first-order chi connectivity index (χ1) is 5.59. The predicted octanol–water partition coefficient (Wildman–Crippen LogP) is 0.975. The summed E-state index contributed by atoms with van der Waals surface area (Å²) in [5, 5.41) is 12.5. The summed E-state index contributed by atoms with van der Waals surface area (Å²) < 4.78 is 1.67. The topological polar surface area (TPSA) is 55.1 Å². The molecule has 0 fully saturated rings. The minimum Gasteiger partial charge on any atom is -0.481 e. The van der Waals surface area contributed by atoms with E-state index in [9.17, 15) is 4.79 Å². The lowest BCUT2D eigenvalue weighted by Crippen LogP contribution is -2.04. The fraction of sp³-hybridized carbons (Fsp3) is 0.500. The molecule has 12 heavy (non-hydrogen) atoms. The summed E-state index contributed by atoms with van der Waals surface area (Å²) in [6, 6.07) is 0. The molecule has 0 saturated carbocycles. The number of carboxylic acids is 1. The maximum Gasteiger partial charge on any atom is 0.305 e. The van der Waals surface area contributed by atoms with Gasteiger partial charge in [-0.15, -0.1) is 0 Å². The molecule has 0 unspecified atom stereocenters. The van der Waals surface area contributed by atoms with E-state index in [1.54, 1.807) is 4.68 Å². The summed E-state index contributed by atoms with van der Waals surface area (Å²) in [5.74, 6) is -0.791. The number of hydrogen-bond acceptors (Lipinski definition) is 2. The van der Waals surface area contributed by atoms with Crippen LogP contribution in [0.15, 0.2) is 6.20 Å². The standard InChI is InChI=1S/C8H12N2O2/c1-6-5-10(9-7(6)2)4-3-8(11)12/h5H,3-4H2,1-2H3,(H,11,12). The number of aryl methyl sites for hydroxylation is 3. The molecule has 1 aromatic rings. The average Bonchev–Trinajstić information content (AvgIpc) is 2.28. The van der Waals surface area contributed by atoms with E-state index in [2.05, 4.69) is 5.10 Å². The molecule has 0 aliphatic carbocycles. The highest BCUT2D eigenvalue weighted by molar-refractivity contribution is 5.66. The molecule has 4 heteroatoms. The van der Waals surface area contributed by atoms with E-state index < -0.39 is 5.97 Å². The van der Waals surface area contributed by atoms with Gasteiger partial charge in [0.05, 0.1) is 18.7 Å². The van der Waals surface area contributed by atoms with E-state index >= 15 is 0 Å². The lowest BCUT2D eigenvalue weighted by Gasteiger charge is -1.95. The van der Waals surface area contributed by atoms with Gasteiger partial charge in [0.2, 0.25) is 0 Å². The minimum atomic E-state index is -0.791. The summed E-state index contributed by atoms with van der Waals surface area (Å²) in [6.45, 7) is 4.32. The van der Waals surface area contributed by atoms with E-state index in [1.807, 2.05) is 20.0 Å². The molecule has 0 aliphatic rings. The summed E-state index contributed by atoms with van der Waals surface area (Å²) in [4.78, 5) is 10.2. The molecule has 0 saturated heterocycles. The first-order valence-electron chi connectivity index (χ1n) is 3.82. The zero-order chi connectivity index (χ0) is 9.14. The van der Waals surface area contributed by atoms with E-state index in [0.717, 1.165) is 11.3 Å². The van der Waals surface area contributed by atoms with Gasteiger partial charge in [-0.25, -0.2) is 0 Å². The second-order valence-electron chi connectivity index (χ2n) is 2.80. The maximum absolute atomic E-state index is 10.2. The van der Waals surface area contributed by atoms with Crippen molar-refractivity contribution in [1.29, 1.82) is 0 Å². The van der Waals surface area contributed by atoms with E-state index in [4.69, 9.17) is 5.11 Å². The van der Waals surface area contributed by atoms with E-state index in [0.29, 0.717) is 6.54 Å². The van der Waals surface area contributed by atoms with Crippen molar-refractivity contribution >= 4 is 5.97 Å². The molecular formula is C8H12N2O2. The highest BCUT2D eigenvalue weighted by atomic mass is 16.4. The lowest BCUT2D eigenvalue weighted by atomic mass is 10.3. The van der Waals surface area contributed by atoms with Crippen LogP contribution >= 0.6 is 0 Å². The van der Waals surface area contributed by atoms with Gasteiger partial charge in [0.15, 0.2) is 0 Å². The summed E-state index contributed by atoms with van der Waals surface area (Å²) >= 11 is 0. The number of carboxylic acid groups (broad SMARTS) is 1. The predicted molar refractivity (Wildman–Crippen MR) is 44.0 cm³/mol. The molecule has 0 aromatic carbocycles. The Hall–Kier alpha value is -1.32. The van der Waals surface area contributed by atoms with Crippen LogP contribution in [0.2, 0.25) is 0 Å². The van der Waals surface area contributed by atoms with Gasteiger partial charge in [-0.3, -0.25) is 9.48 Å². The van der Waals surface area contributed by atoms with Crippen LogP contribution in [0.4, 0.5) is 0 Å². The number of aliphatic carboxylic acids is 1.